The van der Waals surface area contributed by atoms with Crippen molar-refractivity contribution >= 4 is 29.0 Å². The zero-order valence-electron chi connectivity index (χ0n) is 12.4. The highest BCUT2D eigenvalue weighted by Gasteiger charge is 2.28. The Morgan fingerprint density at radius 2 is 2.09 bits per heavy atom. The quantitative estimate of drug-likeness (QED) is 0.905. The molecule has 2 N–H and O–H groups in total. The van der Waals surface area contributed by atoms with Crippen molar-refractivity contribution in [1.29, 1.82) is 0 Å². The van der Waals surface area contributed by atoms with E-state index in [2.05, 4.69) is 10.3 Å². The van der Waals surface area contributed by atoms with Crippen molar-refractivity contribution in [3.63, 3.8) is 0 Å². The average Bonchev–Trinajstić information content (AvgIpc) is 3.10. The van der Waals surface area contributed by atoms with Gasteiger partial charge in [-0.2, -0.15) is 0 Å². The van der Waals surface area contributed by atoms with Crippen LogP contribution in [-0.2, 0) is 4.79 Å². The smallest absolute Gasteiger partial charge is 0.321 e. The van der Waals surface area contributed by atoms with Crippen LogP contribution < -0.4 is 5.32 Å². The Morgan fingerprint density at radius 1 is 1.30 bits per heavy atom. The number of piperidine rings is 1. The lowest BCUT2D eigenvalue weighted by Gasteiger charge is -2.30. The van der Waals surface area contributed by atoms with Crippen LogP contribution in [0.5, 0.6) is 0 Å². The third-order valence-electron chi connectivity index (χ3n) is 3.87. The highest BCUT2D eigenvalue weighted by molar-refractivity contribution is 7.13. The lowest BCUT2D eigenvalue weighted by Crippen LogP contribution is -2.44. The molecule has 1 saturated heterocycles. The van der Waals surface area contributed by atoms with E-state index in [-0.39, 0.29) is 12.6 Å². The maximum atomic E-state index is 12.3. The van der Waals surface area contributed by atoms with E-state index in [0.717, 1.165) is 10.6 Å². The minimum Gasteiger partial charge on any atom is -0.481 e. The molecule has 1 atom stereocenters. The molecule has 1 aromatic heterocycles. The topological polar surface area (TPSA) is 82.5 Å². The Hall–Kier alpha value is -2.41. The predicted molar refractivity (Wildman–Crippen MR) is 88.5 cm³/mol. The number of carbonyl (C=O) groups excluding carboxylic acids is 1. The van der Waals surface area contributed by atoms with Gasteiger partial charge in [-0.1, -0.05) is 0 Å². The Balaban J connectivity index is 1.62. The lowest BCUT2D eigenvalue weighted by molar-refractivity contribution is -0.143. The van der Waals surface area contributed by atoms with Crippen LogP contribution in [0.2, 0.25) is 0 Å². The summed E-state index contributed by atoms with van der Waals surface area (Å²) in [6, 6.07) is 7.22. The number of nitrogens with one attached hydrogen (secondary N) is 1. The average molecular weight is 331 g/mol. The van der Waals surface area contributed by atoms with Crippen molar-refractivity contribution in [1.82, 2.24) is 9.88 Å². The molecular formula is C16H17N3O3S. The van der Waals surface area contributed by atoms with Gasteiger partial charge in [-0.3, -0.25) is 4.79 Å². The molecule has 1 fully saturated rings. The molecule has 6 nitrogen and oxygen atoms in total. The van der Waals surface area contributed by atoms with Gasteiger partial charge in [0.15, 0.2) is 0 Å². The van der Waals surface area contributed by atoms with Crippen molar-refractivity contribution in [3.8, 4) is 10.6 Å². The fourth-order valence-corrected chi connectivity index (χ4v) is 3.27. The number of likely N-dealkylation sites (tertiary alicyclic amines) is 1. The molecule has 3 rings (SSSR count). The molecule has 2 amide bonds. The number of carboxylic acid groups (broad SMARTS) is 1. The number of hydrogen-bond donors (Lipinski definition) is 2. The van der Waals surface area contributed by atoms with Crippen molar-refractivity contribution in [2.75, 3.05) is 18.4 Å². The Labute approximate surface area is 137 Å². The van der Waals surface area contributed by atoms with Gasteiger partial charge in [0.2, 0.25) is 0 Å². The van der Waals surface area contributed by atoms with E-state index < -0.39 is 11.9 Å². The maximum Gasteiger partial charge on any atom is 0.321 e. The fourth-order valence-electron chi connectivity index (χ4n) is 2.63. The van der Waals surface area contributed by atoms with Gasteiger partial charge in [0.05, 0.1) is 5.92 Å². The van der Waals surface area contributed by atoms with Crippen LogP contribution in [-0.4, -0.2) is 40.1 Å². The van der Waals surface area contributed by atoms with E-state index in [4.69, 9.17) is 5.11 Å². The molecule has 1 aliphatic rings. The largest absolute Gasteiger partial charge is 0.481 e. The first-order valence-electron chi connectivity index (χ1n) is 7.42. The van der Waals surface area contributed by atoms with E-state index in [9.17, 15) is 9.59 Å². The summed E-state index contributed by atoms with van der Waals surface area (Å²) in [7, 11) is 0. The monoisotopic (exact) mass is 331 g/mol. The standard InChI is InChI=1S/C16H17N3O3S/c20-15(21)12-2-1-8-19(10-12)16(22)18-13-5-3-11(4-6-13)14-17-7-9-23-14/h3-7,9,12H,1-2,8,10H2,(H,18,22)(H,20,21). The zero-order valence-corrected chi connectivity index (χ0v) is 13.3. The van der Waals surface area contributed by atoms with Crippen molar-refractivity contribution in [2.24, 2.45) is 5.92 Å². The van der Waals surface area contributed by atoms with E-state index in [1.165, 1.54) is 0 Å². The number of urea groups is 1. The Morgan fingerprint density at radius 3 is 2.74 bits per heavy atom. The molecule has 2 heterocycles. The van der Waals surface area contributed by atoms with Crippen molar-refractivity contribution in [2.45, 2.75) is 12.8 Å². The number of carboxylic acids is 1. The molecule has 0 radical (unpaired) electrons. The number of hydrogen-bond acceptors (Lipinski definition) is 4. The molecular weight excluding hydrogens is 314 g/mol. The summed E-state index contributed by atoms with van der Waals surface area (Å²) in [6.45, 7) is 0.852. The molecule has 23 heavy (non-hydrogen) atoms. The SMILES string of the molecule is O=C(O)C1CCCN(C(=O)Nc2ccc(-c3nccs3)cc2)C1. The highest BCUT2D eigenvalue weighted by atomic mass is 32.1. The van der Waals surface area contributed by atoms with Crippen LogP contribution in [0.4, 0.5) is 10.5 Å². The molecule has 1 aromatic carbocycles. The van der Waals surface area contributed by atoms with Crippen molar-refractivity contribution in [3.05, 3.63) is 35.8 Å². The van der Waals surface area contributed by atoms with E-state index in [1.807, 2.05) is 29.6 Å². The summed E-state index contributed by atoms with van der Waals surface area (Å²) in [5.41, 5.74) is 1.69. The van der Waals surface area contributed by atoms with Gasteiger partial charge in [0.1, 0.15) is 5.01 Å². The molecule has 120 valence electrons. The van der Waals surface area contributed by atoms with E-state index in [1.54, 1.807) is 22.4 Å². The highest BCUT2D eigenvalue weighted by Crippen LogP contribution is 2.24. The Bertz CT molecular complexity index is 685. The minimum absolute atomic E-state index is 0.252. The number of aliphatic carboxylic acids is 1. The van der Waals surface area contributed by atoms with Crippen LogP contribution >= 0.6 is 11.3 Å². The zero-order chi connectivity index (χ0) is 16.2. The van der Waals surface area contributed by atoms with E-state index >= 15 is 0 Å². The molecule has 7 heteroatoms. The molecule has 1 unspecified atom stereocenters. The third-order valence-corrected chi connectivity index (χ3v) is 4.70. The second-order valence-corrected chi connectivity index (χ2v) is 6.36. The number of nitrogens with zero attached hydrogens (tertiary/aromatic N) is 2. The minimum atomic E-state index is -0.838. The second kappa shape index (κ2) is 6.78. The van der Waals surface area contributed by atoms with Crippen LogP contribution in [0.25, 0.3) is 10.6 Å². The van der Waals surface area contributed by atoms with Gasteiger partial charge in [-0.05, 0) is 37.1 Å². The number of anilines is 1. The summed E-state index contributed by atoms with van der Waals surface area (Å²) in [6.07, 6.45) is 3.10. The first-order chi connectivity index (χ1) is 11.1. The number of amides is 2. The van der Waals surface area contributed by atoms with Crippen LogP contribution in [0.15, 0.2) is 35.8 Å². The number of aromatic nitrogens is 1. The second-order valence-electron chi connectivity index (χ2n) is 5.47. The molecule has 0 spiro atoms. The number of thiazole rings is 1. The van der Waals surface area contributed by atoms with Gasteiger partial charge in [0, 0.05) is 35.9 Å². The number of rotatable bonds is 3. The Kier molecular flexibility index (Phi) is 4.57. The molecule has 2 aromatic rings. The first-order valence-corrected chi connectivity index (χ1v) is 8.30. The first kappa shape index (κ1) is 15.5. The predicted octanol–water partition coefficient (Wildman–Crippen LogP) is 3.14. The van der Waals surface area contributed by atoms with Crippen LogP contribution in [0, 0.1) is 5.92 Å². The fraction of sp³-hybridized carbons (Fsp3) is 0.312. The molecule has 1 aliphatic heterocycles. The van der Waals surface area contributed by atoms with Gasteiger partial charge in [-0.25, -0.2) is 9.78 Å². The van der Waals surface area contributed by atoms with Crippen LogP contribution in [0.3, 0.4) is 0 Å². The summed E-state index contributed by atoms with van der Waals surface area (Å²) in [5.74, 6) is -1.31. The summed E-state index contributed by atoms with van der Waals surface area (Å²) < 4.78 is 0. The summed E-state index contributed by atoms with van der Waals surface area (Å²) >= 11 is 1.56. The van der Waals surface area contributed by atoms with Gasteiger partial charge >= 0.3 is 12.0 Å². The number of carbonyl (C=O) groups is 2. The molecule has 0 saturated carbocycles. The van der Waals surface area contributed by atoms with E-state index in [0.29, 0.717) is 25.1 Å². The number of benzene rings is 1. The summed E-state index contributed by atoms with van der Waals surface area (Å²) in [5, 5.41) is 14.8. The maximum absolute atomic E-state index is 12.3. The third kappa shape index (κ3) is 3.68. The van der Waals surface area contributed by atoms with Crippen LogP contribution in [0.1, 0.15) is 12.8 Å². The lowest BCUT2D eigenvalue weighted by atomic mass is 9.99. The van der Waals surface area contributed by atoms with Gasteiger partial charge in [-0.15, -0.1) is 11.3 Å². The molecule has 0 bridgehead atoms. The molecule has 0 aliphatic carbocycles. The van der Waals surface area contributed by atoms with Gasteiger partial charge in [0.25, 0.3) is 0 Å². The normalized spacial score (nSPS) is 17.7. The summed E-state index contributed by atoms with van der Waals surface area (Å²) in [4.78, 5) is 29.1. The van der Waals surface area contributed by atoms with Crippen molar-refractivity contribution < 1.29 is 14.7 Å². The van der Waals surface area contributed by atoms with Gasteiger partial charge < -0.3 is 15.3 Å².